The molecule has 0 atom stereocenters. The Morgan fingerprint density at radius 3 is 2.73 bits per heavy atom. The number of amides is 1. The number of guanidine groups is 1. The Morgan fingerprint density at radius 1 is 1.32 bits per heavy atom. The molecule has 1 aliphatic heterocycles. The number of rotatable bonds is 6. The highest BCUT2D eigenvalue weighted by molar-refractivity contribution is 5.79. The predicted octanol–water partition coefficient (Wildman–Crippen LogP) is 1.71. The van der Waals surface area contributed by atoms with E-state index in [2.05, 4.69) is 22.4 Å². The molecule has 2 rings (SSSR count). The monoisotopic (exact) mass is 302 g/mol. The number of carbonyl (C=O) groups excluding carboxylic acids is 1. The van der Waals surface area contributed by atoms with Crippen LogP contribution in [0.25, 0.3) is 0 Å². The van der Waals surface area contributed by atoms with Crippen molar-refractivity contribution < 1.29 is 4.79 Å². The van der Waals surface area contributed by atoms with Gasteiger partial charge in [-0.2, -0.15) is 0 Å². The molecular formula is C17H26N4O. The highest BCUT2D eigenvalue weighted by Crippen LogP contribution is 2.09. The van der Waals surface area contributed by atoms with Gasteiger partial charge in [-0.1, -0.05) is 30.3 Å². The van der Waals surface area contributed by atoms with Crippen LogP contribution in [0.2, 0.25) is 0 Å². The Labute approximate surface area is 133 Å². The highest BCUT2D eigenvalue weighted by atomic mass is 16.2. The van der Waals surface area contributed by atoms with Gasteiger partial charge in [0.25, 0.3) is 0 Å². The fraction of sp³-hybridized carbons (Fsp3) is 0.529. The number of carbonyl (C=O) groups is 1. The van der Waals surface area contributed by atoms with Gasteiger partial charge in [0.2, 0.25) is 5.91 Å². The molecule has 0 spiro atoms. The van der Waals surface area contributed by atoms with Gasteiger partial charge in [-0.3, -0.25) is 4.79 Å². The van der Waals surface area contributed by atoms with Crippen LogP contribution < -0.4 is 5.32 Å². The third-order valence-corrected chi connectivity index (χ3v) is 3.74. The van der Waals surface area contributed by atoms with Crippen molar-refractivity contribution in [3.05, 3.63) is 35.9 Å². The first-order chi connectivity index (χ1) is 10.7. The number of likely N-dealkylation sites (tertiary alicyclic amines) is 1. The molecule has 0 bridgehead atoms. The summed E-state index contributed by atoms with van der Waals surface area (Å²) in [7, 11) is 3.97. The van der Waals surface area contributed by atoms with Crippen molar-refractivity contribution in [1.82, 2.24) is 15.1 Å². The van der Waals surface area contributed by atoms with Crippen LogP contribution in [0.1, 0.15) is 24.8 Å². The standard InChI is InChI=1S/C17H26N4O/c1-20(2)17(19-14-15-8-4-3-5-9-15)18-11-7-13-21-12-6-10-16(21)22/h3-5,8-9H,6-7,10-14H2,1-2H3,(H,18,19). The maximum atomic E-state index is 11.5. The van der Waals surface area contributed by atoms with Crippen molar-refractivity contribution in [1.29, 1.82) is 0 Å². The lowest BCUT2D eigenvalue weighted by Gasteiger charge is -2.19. The minimum atomic E-state index is 0.297. The van der Waals surface area contributed by atoms with Gasteiger partial charge in [-0.15, -0.1) is 0 Å². The number of hydrogen-bond acceptors (Lipinski definition) is 2. The molecule has 1 aromatic rings. The van der Waals surface area contributed by atoms with E-state index in [9.17, 15) is 4.79 Å². The van der Waals surface area contributed by atoms with Crippen LogP contribution in [-0.2, 0) is 11.3 Å². The Bertz CT molecular complexity index is 499. The van der Waals surface area contributed by atoms with Crippen LogP contribution in [0.15, 0.2) is 35.3 Å². The first kappa shape index (κ1) is 16.3. The van der Waals surface area contributed by atoms with Gasteiger partial charge < -0.3 is 15.1 Å². The van der Waals surface area contributed by atoms with Gasteiger partial charge in [-0.25, -0.2) is 4.99 Å². The summed E-state index contributed by atoms with van der Waals surface area (Å²) in [5.74, 6) is 1.18. The number of hydrogen-bond donors (Lipinski definition) is 1. The molecule has 1 saturated heterocycles. The molecule has 1 heterocycles. The summed E-state index contributed by atoms with van der Waals surface area (Å²) in [5, 5.41) is 3.37. The quantitative estimate of drug-likeness (QED) is 0.494. The predicted molar refractivity (Wildman–Crippen MR) is 89.7 cm³/mol. The Balaban J connectivity index is 1.75. The maximum absolute atomic E-state index is 11.5. The lowest BCUT2D eigenvalue weighted by molar-refractivity contribution is -0.127. The van der Waals surface area contributed by atoms with Crippen LogP contribution in [-0.4, -0.2) is 55.4 Å². The third-order valence-electron chi connectivity index (χ3n) is 3.74. The summed E-state index contributed by atoms with van der Waals surface area (Å²) in [6.07, 6.45) is 2.67. The molecule has 5 heteroatoms. The van der Waals surface area contributed by atoms with E-state index in [1.807, 2.05) is 42.1 Å². The topological polar surface area (TPSA) is 47.9 Å². The number of nitrogens with one attached hydrogen (secondary N) is 1. The molecule has 1 amide bonds. The van der Waals surface area contributed by atoms with Gasteiger partial charge in [0.05, 0.1) is 6.54 Å². The summed E-state index contributed by atoms with van der Waals surface area (Å²) < 4.78 is 0. The average Bonchev–Trinajstić information content (AvgIpc) is 2.92. The molecule has 22 heavy (non-hydrogen) atoms. The molecule has 5 nitrogen and oxygen atoms in total. The van der Waals surface area contributed by atoms with E-state index in [1.165, 1.54) is 5.56 Å². The van der Waals surface area contributed by atoms with Crippen LogP contribution in [0.3, 0.4) is 0 Å². The number of benzene rings is 1. The first-order valence-corrected chi connectivity index (χ1v) is 7.94. The fourth-order valence-electron chi connectivity index (χ4n) is 2.52. The molecular weight excluding hydrogens is 276 g/mol. The zero-order valence-corrected chi connectivity index (χ0v) is 13.6. The maximum Gasteiger partial charge on any atom is 0.222 e. The smallest absolute Gasteiger partial charge is 0.222 e. The second-order valence-electron chi connectivity index (χ2n) is 5.78. The lowest BCUT2D eigenvalue weighted by atomic mass is 10.2. The van der Waals surface area contributed by atoms with Crippen LogP contribution in [0, 0.1) is 0 Å². The highest BCUT2D eigenvalue weighted by Gasteiger charge is 2.18. The summed E-state index contributed by atoms with van der Waals surface area (Å²) in [6.45, 7) is 3.26. The molecule has 0 saturated carbocycles. The summed E-state index contributed by atoms with van der Waals surface area (Å²) in [5.41, 5.74) is 1.20. The zero-order valence-electron chi connectivity index (χ0n) is 13.6. The minimum Gasteiger partial charge on any atom is -0.356 e. The third kappa shape index (κ3) is 5.06. The second-order valence-corrected chi connectivity index (χ2v) is 5.78. The molecule has 1 N–H and O–H groups in total. The molecule has 0 radical (unpaired) electrons. The summed E-state index contributed by atoms with van der Waals surface area (Å²) in [6, 6.07) is 10.2. The van der Waals surface area contributed by atoms with Crippen LogP contribution >= 0.6 is 0 Å². The van der Waals surface area contributed by atoms with Gasteiger partial charge in [0.1, 0.15) is 0 Å². The normalized spacial score (nSPS) is 15.3. The molecule has 1 aliphatic rings. The van der Waals surface area contributed by atoms with Crippen molar-refractivity contribution in [3.63, 3.8) is 0 Å². The second kappa shape index (κ2) is 8.41. The van der Waals surface area contributed by atoms with Gasteiger partial charge >= 0.3 is 0 Å². The van der Waals surface area contributed by atoms with E-state index in [0.29, 0.717) is 12.5 Å². The number of nitrogens with zero attached hydrogens (tertiary/aromatic N) is 3. The van der Waals surface area contributed by atoms with E-state index >= 15 is 0 Å². The van der Waals surface area contributed by atoms with E-state index in [-0.39, 0.29) is 0 Å². The van der Waals surface area contributed by atoms with Crippen molar-refractivity contribution in [2.75, 3.05) is 33.7 Å². The van der Waals surface area contributed by atoms with E-state index < -0.39 is 0 Å². The molecule has 120 valence electrons. The Hall–Kier alpha value is -2.04. The molecule has 0 aliphatic carbocycles. The van der Waals surface area contributed by atoms with Crippen molar-refractivity contribution in [2.45, 2.75) is 25.8 Å². The SMILES string of the molecule is CN(C)C(=NCc1ccccc1)NCCCN1CCCC1=O. The van der Waals surface area contributed by atoms with E-state index in [1.54, 1.807) is 0 Å². The molecule has 1 aromatic carbocycles. The van der Waals surface area contributed by atoms with Gasteiger partial charge in [0, 0.05) is 40.2 Å². The first-order valence-electron chi connectivity index (χ1n) is 7.94. The molecule has 0 aromatic heterocycles. The van der Waals surface area contributed by atoms with E-state index in [4.69, 9.17) is 0 Å². The Kier molecular flexibility index (Phi) is 6.25. The Morgan fingerprint density at radius 2 is 2.09 bits per heavy atom. The number of aliphatic imine (C=N–C) groups is 1. The summed E-state index contributed by atoms with van der Waals surface area (Å²) in [4.78, 5) is 20.1. The summed E-state index contributed by atoms with van der Waals surface area (Å²) >= 11 is 0. The van der Waals surface area contributed by atoms with Gasteiger partial charge in [0.15, 0.2) is 5.96 Å². The van der Waals surface area contributed by atoms with Gasteiger partial charge in [-0.05, 0) is 18.4 Å². The largest absolute Gasteiger partial charge is 0.356 e. The fourth-order valence-corrected chi connectivity index (χ4v) is 2.52. The van der Waals surface area contributed by atoms with E-state index in [0.717, 1.165) is 44.9 Å². The average molecular weight is 302 g/mol. The van der Waals surface area contributed by atoms with Crippen molar-refractivity contribution >= 4 is 11.9 Å². The van der Waals surface area contributed by atoms with Crippen LogP contribution in [0.4, 0.5) is 0 Å². The zero-order chi connectivity index (χ0) is 15.8. The lowest BCUT2D eigenvalue weighted by Crippen LogP contribution is -2.38. The molecule has 1 fully saturated rings. The van der Waals surface area contributed by atoms with Crippen molar-refractivity contribution in [2.24, 2.45) is 4.99 Å². The van der Waals surface area contributed by atoms with Crippen LogP contribution in [0.5, 0.6) is 0 Å². The van der Waals surface area contributed by atoms with Crippen molar-refractivity contribution in [3.8, 4) is 0 Å². The molecule has 0 unspecified atom stereocenters. The minimum absolute atomic E-state index is 0.297.